The summed E-state index contributed by atoms with van der Waals surface area (Å²) in [5.41, 5.74) is 6.46. The van der Waals surface area contributed by atoms with Gasteiger partial charge in [-0.1, -0.05) is 24.3 Å². The molecule has 0 aliphatic heterocycles. The summed E-state index contributed by atoms with van der Waals surface area (Å²) in [6.07, 6.45) is 2.84. The number of ether oxygens (including phenoxy) is 1. The van der Waals surface area contributed by atoms with Gasteiger partial charge in [0.15, 0.2) is 0 Å². The van der Waals surface area contributed by atoms with E-state index in [0.717, 1.165) is 41.3 Å². The summed E-state index contributed by atoms with van der Waals surface area (Å²) >= 11 is 0. The second-order valence-corrected chi connectivity index (χ2v) is 4.37. The number of benzene rings is 2. The van der Waals surface area contributed by atoms with Crippen LogP contribution in [0.2, 0.25) is 0 Å². The van der Waals surface area contributed by atoms with Gasteiger partial charge in [-0.05, 0) is 37.4 Å². The Kier molecular flexibility index (Phi) is 4.05. The quantitative estimate of drug-likeness (QED) is 0.796. The number of fused-ring (bicyclic) bond motifs is 1. The standard InChI is InChI=1S/C15H19NO2/c1-18-14-7-4-6-13-12(14)9-8-11(15(13)17)5-2-3-10-16/h4,6-9,17H,2-3,5,10,16H2,1H3. The molecular formula is C15H19NO2. The molecule has 0 saturated carbocycles. The highest BCUT2D eigenvalue weighted by Crippen LogP contribution is 2.34. The van der Waals surface area contributed by atoms with Crippen molar-refractivity contribution in [2.24, 2.45) is 5.73 Å². The Morgan fingerprint density at radius 2 is 1.94 bits per heavy atom. The van der Waals surface area contributed by atoms with Crippen LogP contribution in [0, 0.1) is 0 Å². The fraction of sp³-hybridized carbons (Fsp3) is 0.333. The van der Waals surface area contributed by atoms with Crippen molar-refractivity contribution < 1.29 is 9.84 Å². The maximum absolute atomic E-state index is 10.3. The molecule has 0 fully saturated rings. The van der Waals surface area contributed by atoms with E-state index >= 15 is 0 Å². The molecule has 0 spiro atoms. The van der Waals surface area contributed by atoms with E-state index in [9.17, 15) is 5.11 Å². The van der Waals surface area contributed by atoms with E-state index in [1.54, 1.807) is 7.11 Å². The molecule has 0 heterocycles. The van der Waals surface area contributed by atoms with Crippen LogP contribution in [0.1, 0.15) is 18.4 Å². The highest BCUT2D eigenvalue weighted by molar-refractivity contribution is 5.93. The Hall–Kier alpha value is -1.74. The van der Waals surface area contributed by atoms with Gasteiger partial charge in [-0.2, -0.15) is 0 Å². The maximum Gasteiger partial charge on any atom is 0.126 e. The molecule has 0 atom stereocenters. The number of hydrogen-bond donors (Lipinski definition) is 2. The van der Waals surface area contributed by atoms with Crippen molar-refractivity contribution in [2.45, 2.75) is 19.3 Å². The molecule has 0 aliphatic rings. The van der Waals surface area contributed by atoms with Crippen molar-refractivity contribution >= 4 is 10.8 Å². The highest BCUT2D eigenvalue weighted by atomic mass is 16.5. The number of rotatable bonds is 5. The van der Waals surface area contributed by atoms with E-state index < -0.39 is 0 Å². The lowest BCUT2D eigenvalue weighted by Crippen LogP contribution is -1.99. The summed E-state index contributed by atoms with van der Waals surface area (Å²) in [5.74, 6) is 1.15. The highest BCUT2D eigenvalue weighted by Gasteiger charge is 2.08. The molecule has 3 heteroatoms. The molecule has 0 saturated heterocycles. The van der Waals surface area contributed by atoms with Crippen LogP contribution < -0.4 is 10.5 Å². The predicted molar refractivity (Wildman–Crippen MR) is 74.2 cm³/mol. The van der Waals surface area contributed by atoms with Gasteiger partial charge in [0.2, 0.25) is 0 Å². The zero-order valence-corrected chi connectivity index (χ0v) is 10.6. The smallest absolute Gasteiger partial charge is 0.126 e. The lowest BCUT2D eigenvalue weighted by Gasteiger charge is -2.10. The van der Waals surface area contributed by atoms with Crippen LogP contribution in [0.5, 0.6) is 11.5 Å². The first kappa shape index (κ1) is 12.7. The minimum absolute atomic E-state index is 0.364. The average Bonchev–Trinajstić information content (AvgIpc) is 2.41. The molecule has 0 bridgehead atoms. The van der Waals surface area contributed by atoms with Crippen LogP contribution in [-0.4, -0.2) is 18.8 Å². The minimum Gasteiger partial charge on any atom is -0.507 e. The van der Waals surface area contributed by atoms with Crippen molar-refractivity contribution in [2.75, 3.05) is 13.7 Å². The van der Waals surface area contributed by atoms with E-state index in [1.165, 1.54) is 0 Å². The second kappa shape index (κ2) is 5.74. The van der Waals surface area contributed by atoms with Gasteiger partial charge < -0.3 is 15.6 Å². The molecule has 0 unspecified atom stereocenters. The molecule has 96 valence electrons. The first-order valence-corrected chi connectivity index (χ1v) is 6.25. The average molecular weight is 245 g/mol. The summed E-state index contributed by atoms with van der Waals surface area (Å²) in [7, 11) is 1.64. The van der Waals surface area contributed by atoms with Gasteiger partial charge >= 0.3 is 0 Å². The summed E-state index contributed by atoms with van der Waals surface area (Å²) in [6.45, 7) is 0.697. The fourth-order valence-corrected chi connectivity index (χ4v) is 2.20. The van der Waals surface area contributed by atoms with Gasteiger partial charge in [0.25, 0.3) is 0 Å². The third kappa shape index (κ3) is 2.41. The predicted octanol–water partition coefficient (Wildman–Crippen LogP) is 2.84. The molecule has 2 aromatic carbocycles. The lowest BCUT2D eigenvalue weighted by molar-refractivity contribution is 0.419. The molecule has 0 radical (unpaired) electrons. The number of nitrogens with two attached hydrogens (primary N) is 1. The topological polar surface area (TPSA) is 55.5 Å². The van der Waals surface area contributed by atoms with Gasteiger partial charge in [-0.3, -0.25) is 0 Å². The Morgan fingerprint density at radius 3 is 2.67 bits per heavy atom. The summed E-state index contributed by atoms with van der Waals surface area (Å²) in [5, 5.41) is 12.1. The van der Waals surface area contributed by atoms with Crippen molar-refractivity contribution in [3.8, 4) is 11.5 Å². The SMILES string of the molecule is COc1cccc2c(O)c(CCCCN)ccc12. The molecule has 2 aromatic rings. The molecule has 0 amide bonds. The van der Waals surface area contributed by atoms with E-state index in [0.29, 0.717) is 12.3 Å². The number of phenols is 1. The first-order valence-electron chi connectivity index (χ1n) is 6.25. The lowest BCUT2D eigenvalue weighted by atomic mass is 10.0. The van der Waals surface area contributed by atoms with Gasteiger partial charge in [0, 0.05) is 10.8 Å². The fourth-order valence-electron chi connectivity index (χ4n) is 2.20. The first-order chi connectivity index (χ1) is 8.77. The number of hydrogen-bond acceptors (Lipinski definition) is 3. The zero-order valence-electron chi connectivity index (χ0n) is 10.6. The number of methoxy groups -OCH3 is 1. The van der Waals surface area contributed by atoms with E-state index in [2.05, 4.69) is 0 Å². The van der Waals surface area contributed by atoms with Crippen molar-refractivity contribution in [3.63, 3.8) is 0 Å². The van der Waals surface area contributed by atoms with Crippen molar-refractivity contribution in [1.82, 2.24) is 0 Å². The molecule has 3 nitrogen and oxygen atoms in total. The van der Waals surface area contributed by atoms with E-state index in [4.69, 9.17) is 10.5 Å². The van der Waals surface area contributed by atoms with Crippen LogP contribution in [0.25, 0.3) is 10.8 Å². The Balaban J connectivity index is 2.38. The normalized spacial score (nSPS) is 10.8. The maximum atomic E-state index is 10.3. The number of aryl methyl sites for hydroxylation is 1. The van der Waals surface area contributed by atoms with Crippen LogP contribution in [-0.2, 0) is 6.42 Å². The molecule has 0 aromatic heterocycles. The summed E-state index contributed by atoms with van der Waals surface area (Å²) in [4.78, 5) is 0. The molecule has 18 heavy (non-hydrogen) atoms. The second-order valence-electron chi connectivity index (χ2n) is 4.37. The zero-order chi connectivity index (χ0) is 13.0. The molecule has 0 aliphatic carbocycles. The Bertz CT molecular complexity index is 537. The monoisotopic (exact) mass is 245 g/mol. The van der Waals surface area contributed by atoms with E-state index in [1.807, 2.05) is 30.3 Å². The van der Waals surface area contributed by atoms with Crippen LogP contribution >= 0.6 is 0 Å². The number of unbranched alkanes of at least 4 members (excludes halogenated alkanes) is 1. The van der Waals surface area contributed by atoms with Gasteiger partial charge in [0.1, 0.15) is 11.5 Å². The Labute approximate surface area is 107 Å². The summed E-state index contributed by atoms with van der Waals surface area (Å²) in [6, 6.07) is 9.68. The third-order valence-corrected chi connectivity index (χ3v) is 3.20. The van der Waals surface area contributed by atoms with Gasteiger partial charge in [-0.15, -0.1) is 0 Å². The van der Waals surface area contributed by atoms with Crippen molar-refractivity contribution in [1.29, 1.82) is 0 Å². The third-order valence-electron chi connectivity index (χ3n) is 3.20. The van der Waals surface area contributed by atoms with Crippen LogP contribution in [0.15, 0.2) is 30.3 Å². The van der Waals surface area contributed by atoms with Crippen LogP contribution in [0.3, 0.4) is 0 Å². The molecule has 2 rings (SSSR count). The van der Waals surface area contributed by atoms with Gasteiger partial charge in [0.05, 0.1) is 7.11 Å². The minimum atomic E-state index is 0.364. The largest absolute Gasteiger partial charge is 0.507 e. The molecule has 3 N–H and O–H groups in total. The number of phenolic OH excluding ortho intramolecular Hbond substituents is 1. The van der Waals surface area contributed by atoms with Gasteiger partial charge in [-0.25, -0.2) is 0 Å². The Morgan fingerprint density at radius 1 is 1.11 bits per heavy atom. The van der Waals surface area contributed by atoms with Crippen molar-refractivity contribution in [3.05, 3.63) is 35.9 Å². The number of aromatic hydroxyl groups is 1. The summed E-state index contributed by atoms with van der Waals surface area (Å²) < 4.78 is 5.29. The van der Waals surface area contributed by atoms with E-state index in [-0.39, 0.29) is 0 Å². The van der Waals surface area contributed by atoms with Crippen LogP contribution in [0.4, 0.5) is 0 Å². The molecular weight excluding hydrogens is 226 g/mol.